The molecule has 82 heavy (non-hydrogen) atoms. The summed E-state index contributed by atoms with van der Waals surface area (Å²) in [6.45, 7) is 14.3. The van der Waals surface area contributed by atoms with Crippen molar-refractivity contribution in [2.24, 2.45) is 0 Å². The number of esters is 2. The fourth-order valence-corrected chi connectivity index (χ4v) is 12.2. The van der Waals surface area contributed by atoms with E-state index in [-0.39, 0.29) is 48.9 Å². The summed E-state index contributed by atoms with van der Waals surface area (Å²) in [4.78, 5) is 44.6. The van der Waals surface area contributed by atoms with E-state index in [0.29, 0.717) is 134 Å². The Balaban J connectivity index is 0.966. The van der Waals surface area contributed by atoms with Gasteiger partial charge >= 0.3 is 11.9 Å². The molecule has 2 fully saturated rings. The fraction of sp³-hybridized carbons (Fsp3) is 0.344. The number of fused-ring (bicyclic) bond motifs is 6. The number of likely N-dealkylation sites (N-methyl/N-ethyl adjacent to an activating group) is 1. The molecule has 2 aliphatic heterocycles. The van der Waals surface area contributed by atoms with Gasteiger partial charge in [-0.15, -0.1) is 0 Å². The average Bonchev–Trinajstić information content (AvgIpc) is 2.37. The van der Waals surface area contributed by atoms with Crippen LogP contribution in [0.3, 0.4) is 0 Å². The molecule has 426 valence electrons. The van der Waals surface area contributed by atoms with E-state index in [9.17, 15) is 19.8 Å². The van der Waals surface area contributed by atoms with E-state index in [1.807, 2.05) is 98.8 Å². The molecule has 18 heteroatoms. The number of aryl methyl sites for hydroxylation is 2. The Bertz CT molecular complexity index is 3840. The van der Waals surface area contributed by atoms with Gasteiger partial charge in [0, 0.05) is 124 Å². The molecule has 0 amide bonds. The zero-order valence-corrected chi connectivity index (χ0v) is 48.2. The number of carbonyl (C=O) groups excluding carboxylic acids is 2. The number of furan rings is 2. The largest absolute Gasteiger partial charge is 0.507 e. The highest BCUT2D eigenvalue weighted by Crippen LogP contribution is 2.50. The number of rotatable bonds is 18. The number of benzene rings is 5. The molecular weight excluding hydrogens is 1090 g/mol. The molecule has 2 saturated heterocycles. The molecule has 3 unspecified atom stereocenters. The van der Waals surface area contributed by atoms with Gasteiger partial charge in [0.1, 0.15) is 51.9 Å². The zero-order valence-electron chi connectivity index (χ0n) is 46.7. The van der Waals surface area contributed by atoms with Crippen molar-refractivity contribution in [2.45, 2.75) is 72.3 Å². The van der Waals surface area contributed by atoms with Gasteiger partial charge in [-0.05, 0) is 94.6 Å². The van der Waals surface area contributed by atoms with Crippen molar-refractivity contribution in [3.05, 3.63) is 163 Å². The number of aromatic hydroxyl groups is 2. The van der Waals surface area contributed by atoms with Gasteiger partial charge in [-0.3, -0.25) is 9.80 Å². The number of hydrogen-bond donors (Lipinski definition) is 2. The summed E-state index contributed by atoms with van der Waals surface area (Å²) < 4.78 is 43.7. The Hall–Kier alpha value is -7.44. The van der Waals surface area contributed by atoms with E-state index in [4.69, 9.17) is 55.7 Å². The minimum atomic E-state index is -0.608. The van der Waals surface area contributed by atoms with Gasteiger partial charge in [-0.1, -0.05) is 71.7 Å². The molecule has 3 atom stereocenters. The molecule has 2 N–H and O–H groups in total. The Morgan fingerprint density at radius 2 is 1.18 bits per heavy atom. The number of morpholine rings is 1. The van der Waals surface area contributed by atoms with Crippen molar-refractivity contribution in [3.8, 4) is 23.3 Å². The fourth-order valence-electron chi connectivity index (χ4n) is 11.7. The normalized spacial score (nSPS) is 15.8. The molecule has 4 aromatic heterocycles. The van der Waals surface area contributed by atoms with Crippen molar-refractivity contribution < 1.29 is 52.3 Å². The average molecular weight is 1150 g/mol. The lowest BCUT2D eigenvalue weighted by molar-refractivity contribution is 0.0237. The number of aromatic nitrogens is 2. The number of piperazine rings is 1. The quantitative estimate of drug-likeness (QED) is 0.0773. The van der Waals surface area contributed by atoms with E-state index in [2.05, 4.69) is 31.7 Å². The van der Waals surface area contributed by atoms with Gasteiger partial charge in [-0.2, -0.15) is 0 Å². The molecule has 16 nitrogen and oxygen atoms in total. The van der Waals surface area contributed by atoms with Crippen molar-refractivity contribution in [1.82, 2.24) is 24.7 Å². The van der Waals surface area contributed by atoms with Crippen LogP contribution in [0.25, 0.3) is 43.5 Å². The van der Waals surface area contributed by atoms with Crippen LogP contribution in [0, 0.1) is 13.8 Å². The molecule has 2 aliphatic rings. The molecular formula is C64H65Cl2N5O11. The Morgan fingerprint density at radius 1 is 0.671 bits per heavy atom. The van der Waals surface area contributed by atoms with Gasteiger partial charge < -0.3 is 47.6 Å². The second-order valence-electron chi connectivity index (χ2n) is 21.0. The third-order valence-corrected chi connectivity index (χ3v) is 16.5. The Labute approximate surface area is 485 Å². The molecule has 11 rings (SSSR count). The summed E-state index contributed by atoms with van der Waals surface area (Å²) >= 11 is 13.0. The topological polar surface area (TPSA) is 183 Å². The predicted octanol–water partition coefficient (Wildman–Crippen LogP) is 12.7. The summed E-state index contributed by atoms with van der Waals surface area (Å²) in [6.07, 6.45) is 3.50. The molecule has 6 heterocycles. The van der Waals surface area contributed by atoms with Gasteiger partial charge in [-0.25, -0.2) is 19.6 Å². The molecule has 0 radical (unpaired) electrons. The standard InChI is InChI=1S/C64H65Cl2N5O11/c1-7-77-63(74)51-38(5)81-61-44-15-11-9-13-42(44)59(72)55(53(51)61)58(71-27-29-76-30-28-71)41-20-22-68-50(34-41)80-36(3)17-18-48-52(64(75)78-8-2)54-56(60(73)43-14-10-12-16-45(43)62(54)82-48)57(70-25-23-69(6)24-26-70)40-19-21-67-49(33-40)79-35-39-31-46(65)37(4)47(66)32-39/h9-16,19-22,31-34,36,57-58,72-73H,7-8,17-18,23-30,35H2,1-6H3. The van der Waals surface area contributed by atoms with Crippen LogP contribution >= 0.6 is 23.2 Å². The number of nitrogens with zero attached hydrogens (tertiary/aromatic N) is 5. The molecule has 0 bridgehead atoms. The van der Waals surface area contributed by atoms with Crippen LogP contribution < -0.4 is 9.47 Å². The highest BCUT2D eigenvalue weighted by atomic mass is 35.5. The molecule has 0 spiro atoms. The van der Waals surface area contributed by atoms with Crippen molar-refractivity contribution in [3.63, 3.8) is 0 Å². The summed E-state index contributed by atoms with van der Waals surface area (Å²) in [5.74, 6) is 0.345. The minimum absolute atomic E-state index is 0.0175. The first-order valence-corrected chi connectivity index (χ1v) is 28.6. The highest BCUT2D eigenvalue weighted by Gasteiger charge is 2.38. The van der Waals surface area contributed by atoms with Gasteiger partial charge in [0.2, 0.25) is 11.8 Å². The van der Waals surface area contributed by atoms with Crippen LogP contribution in [0.1, 0.15) is 105 Å². The van der Waals surface area contributed by atoms with Crippen molar-refractivity contribution in [2.75, 3.05) is 72.7 Å². The van der Waals surface area contributed by atoms with Crippen LogP contribution in [0.4, 0.5) is 0 Å². The number of ether oxygens (including phenoxy) is 5. The lowest BCUT2D eigenvalue weighted by Crippen LogP contribution is -2.46. The SMILES string of the molecule is CCOC(=O)c1c(C)oc2c1c(C(c1ccnc(OC(C)CCc3oc4c(c3C(=O)OCC)c(C(c3ccnc(OCc5cc(Cl)c(C)c(Cl)c5)c3)N3CCN(C)CC3)c(O)c3ccccc34)c1)N1CCOCC1)c(O)c1ccccc12. The second-order valence-corrected chi connectivity index (χ2v) is 21.8. The van der Waals surface area contributed by atoms with E-state index < -0.39 is 30.1 Å². The number of phenolic OH excluding ortho intramolecular Hbond substituents is 2. The first-order valence-electron chi connectivity index (χ1n) is 27.8. The summed E-state index contributed by atoms with van der Waals surface area (Å²) in [5, 5.41) is 29.7. The molecule has 0 aliphatic carbocycles. The van der Waals surface area contributed by atoms with Crippen LogP contribution in [-0.2, 0) is 27.2 Å². The van der Waals surface area contributed by atoms with Crippen LogP contribution in [-0.4, -0.2) is 126 Å². The minimum Gasteiger partial charge on any atom is -0.507 e. The summed E-state index contributed by atoms with van der Waals surface area (Å²) in [7, 11) is 2.09. The number of hydrogen-bond acceptors (Lipinski definition) is 16. The first kappa shape index (κ1) is 56.4. The highest BCUT2D eigenvalue weighted by molar-refractivity contribution is 6.36. The third-order valence-electron chi connectivity index (χ3n) is 15.8. The van der Waals surface area contributed by atoms with Gasteiger partial charge in [0.25, 0.3) is 0 Å². The lowest BCUT2D eigenvalue weighted by atomic mass is 9.88. The smallest absolute Gasteiger partial charge is 0.342 e. The lowest BCUT2D eigenvalue weighted by Gasteiger charge is -2.39. The number of pyridine rings is 2. The predicted molar refractivity (Wildman–Crippen MR) is 315 cm³/mol. The number of carbonyl (C=O) groups is 2. The van der Waals surface area contributed by atoms with Crippen LogP contribution in [0.2, 0.25) is 10.0 Å². The zero-order chi connectivity index (χ0) is 57.3. The Morgan fingerprint density at radius 3 is 1.77 bits per heavy atom. The van der Waals surface area contributed by atoms with Crippen LogP contribution in [0.5, 0.6) is 23.3 Å². The summed E-state index contributed by atoms with van der Waals surface area (Å²) in [6, 6.07) is 24.9. The van der Waals surface area contributed by atoms with Gasteiger partial charge in [0.15, 0.2) is 0 Å². The number of phenols is 2. The van der Waals surface area contributed by atoms with E-state index in [0.717, 1.165) is 35.3 Å². The summed E-state index contributed by atoms with van der Waals surface area (Å²) in [5.41, 5.74) is 5.50. The monoisotopic (exact) mass is 1150 g/mol. The van der Waals surface area contributed by atoms with Crippen molar-refractivity contribution in [1.29, 1.82) is 0 Å². The maximum atomic E-state index is 14.7. The van der Waals surface area contributed by atoms with Crippen LogP contribution in [0.15, 0.2) is 106 Å². The second kappa shape index (κ2) is 24.2. The van der Waals surface area contributed by atoms with E-state index in [1.54, 1.807) is 33.2 Å². The Kier molecular flexibility index (Phi) is 16.6. The molecule has 9 aromatic rings. The third kappa shape index (κ3) is 10.9. The van der Waals surface area contributed by atoms with Gasteiger partial charge in [0.05, 0.1) is 44.6 Å². The number of halogens is 2. The molecule has 5 aromatic carbocycles. The molecule has 0 saturated carbocycles. The first-order chi connectivity index (χ1) is 39.7. The maximum absolute atomic E-state index is 14.7. The maximum Gasteiger partial charge on any atom is 0.342 e. The van der Waals surface area contributed by atoms with E-state index >= 15 is 0 Å². The van der Waals surface area contributed by atoms with E-state index in [1.165, 1.54) is 0 Å². The van der Waals surface area contributed by atoms with Crippen molar-refractivity contribution >= 4 is 78.6 Å².